The number of aromatic amines is 1. The molecule has 0 bridgehead atoms. The number of H-pyrrole nitrogens is 1. The largest absolute Gasteiger partial charge is 0.354 e. The fraction of sp³-hybridized carbons (Fsp3) is 0.429. The summed E-state index contributed by atoms with van der Waals surface area (Å²) in [6.45, 7) is 6.69. The van der Waals surface area contributed by atoms with E-state index in [0.29, 0.717) is 17.2 Å². The van der Waals surface area contributed by atoms with E-state index in [1.54, 1.807) is 0 Å². The first-order valence-corrected chi connectivity index (χ1v) is 6.88. The van der Waals surface area contributed by atoms with Gasteiger partial charge in [0.25, 0.3) is 0 Å². The van der Waals surface area contributed by atoms with Crippen molar-refractivity contribution < 1.29 is 4.79 Å². The van der Waals surface area contributed by atoms with Crippen molar-refractivity contribution in [2.24, 2.45) is 5.92 Å². The van der Waals surface area contributed by atoms with Gasteiger partial charge in [-0.05, 0) is 37.2 Å². The van der Waals surface area contributed by atoms with Crippen LogP contribution in [0.15, 0.2) is 24.3 Å². The quantitative estimate of drug-likeness (QED) is 0.844. The maximum absolute atomic E-state index is 12.1. The highest BCUT2D eigenvalue weighted by Crippen LogP contribution is 2.18. The monoisotopic (exact) mass is 277 g/mol. The molecular formula is C14H19N3OS. The van der Waals surface area contributed by atoms with Crippen LogP contribution in [0.1, 0.15) is 26.8 Å². The number of imidazole rings is 1. The van der Waals surface area contributed by atoms with Gasteiger partial charge in [-0.3, -0.25) is 4.79 Å². The van der Waals surface area contributed by atoms with Crippen molar-refractivity contribution in [1.29, 1.82) is 0 Å². The first-order valence-electron chi connectivity index (χ1n) is 6.47. The zero-order chi connectivity index (χ0) is 14.0. The highest BCUT2D eigenvalue weighted by molar-refractivity contribution is 7.71. The molecule has 0 saturated heterocycles. The molecule has 0 radical (unpaired) electrons. The van der Waals surface area contributed by atoms with Crippen LogP contribution in [0.5, 0.6) is 0 Å². The first kappa shape index (κ1) is 13.8. The van der Waals surface area contributed by atoms with Crippen LogP contribution in [0.25, 0.3) is 11.0 Å². The number of hydrogen-bond acceptors (Lipinski definition) is 2. The molecule has 2 N–H and O–H groups in total. The van der Waals surface area contributed by atoms with Gasteiger partial charge in [-0.25, -0.2) is 0 Å². The van der Waals surface area contributed by atoms with Gasteiger partial charge in [0.05, 0.1) is 11.0 Å². The van der Waals surface area contributed by atoms with E-state index < -0.39 is 0 Å². The summed E-state index contributed by atoms with van der Waals surface area (Å²) in [5.41, 5.74) is 1.91. The van der Waals surface area contributed by atoms with Crippen LogP contribution >= 0.6 is 12.2 Å². The minimum Gasteiger partial charge on any atom is -0.354 e. The number of fused-ring (bicyclic) bond motifs is 1. The van der Waals surface area contributed by atoms with Gasteiger partial charge in [-0.2, -0.15) is 0 Å². The first-order chi connectivity index (χ1) is 9.00. The number of hydrogen-bond donors (Lipinski definition) is 2. The summed E-state index contributed by atoms with van der Waals surface area (Å²) in [5.74, 6) is 0.432. The summed E-state index contributed by atoms with van der Waals surface area (Å²) in [4.78, 5) is 15.3. The van der Waals surface area contributed by atoms with Crippen molar-refractivity contribution in [2.45, 2.75) is 26.8 Å². The Balaban J connectivity index is 2.31. The van der Waals surface area contributed by atoms with E-state index in [9.17, 15) is 4.79 Å². The predicted octanol–water partition coefficient (Wildman–Crippen LogP) is 3.03. The molecule has 19 heavy (non-hydrogen) atoms. The Bertz CT molecular complexity index is 641. The topological polar surface area (TPSA) is 49.8 Å². The summed E-state index contributed by atoms with van der Waals surface area (Å²) in [6.07, 6.45) is 0. The molecule has 4 nitrogen and oxygen atoms in total. The molecule has 0 saturated carbocycles. The second-order valence-corrected chi connectivity index (χ2v) is 5.52. The van der Waals surface area contributed by atoms with Crippen LogP contribution in [-0.4, -0.2) is 22.0 Å². The summed E-state index contributed by atoms with van der Waals surface area (Å²) in [6, 6.07) is 7.50. The van der Waals surface area contributed by atoms with Gasteiger partial charge in [0.1, 0.15) is 6.04 Å². The molecule has 0 aliphatic rings. The second kappa shape index (κ2) is 5.57. The lowest BCUT2D eigenvalue weighted by atomic mass is 10.2. The van der Waals surface area contributed by atoms with Gasteiger partial charge in [-0.1, -0.05) is 26.0 Å². The fourth-order valence-electron chi connectivity index (χ4n) is 2.03. The lowest BCUT2D eigenvalue weighted by Gasteiger charge is -2.15. The van der Waals surface area contributed by atoms with Gasteiger partial charge < -0.3 is 14.9 Å². The van der Waals surface area contributed by atoms with Crippen molar-refractivity contribution in [1.82, 2.24) is 14.9 Å². The Hall–Kier alpha value is -1.62. The molecule has 102 valence electrons. The van der Waals surface area contributed by atoms with Crippen molar-refractivity contribution in [2.75, 3.05) is 6.54 Å². The highest BCUT2D eigenvalue weighted by atomic mass is 32.1. The van der Waals surface area contributed by atoms with E-state index in [2.05, 4.69) is 24.1 Å². The molecule has 2 rings (SSSR count). The van der Waals surface area contributed by atoms with Crippen LogP contribution < -0.4 is 5.32 Å². The smallest absolute Gasteiger partial charge is 0.242 e. The lowest BCUT2D eigenvalue weighted by Crippen LogP contribution is -2.33. The number of aromatic nitrogens is 2. The van der Waals surface area contributed by atoms with Gasteiger partial charge >= 0.3 is 0 Å². The zero-order valence-corrected chi connectivity index (χ0v) is 12.3. The summed E-state index contributed by atoms with van der Waals surface area (Å²) < 4.78 is 2.44. The van der Waals surface area contributed by atoms with E-state index in [0.717, 1.165) is 11.0 Å². The molecule has 1 aromatic carbocycles. The highest BCUT2D eigenvalue weighted by Gasteiger charge is 2.18. The fourth-order valence-corrected chi connectivity index (χ4v) is 2.39. The van der Waals surface area contributed by atoms with Gasteiger partial charge in [0.15, 0.2) is 4.77 Å². The van der Waals surface area contributed by atoms with Crippen molar-refractivity contribution in [3.8, 4) is 0 Å². The molecule has 1 atom stereocenters. The lowest BCUT2D eigenvalue weighted by molar-refractivity contribution is -0.123. The second-order valence-electron chi connectivity index (χ2n) is 5.13. The van der Waals surface area contributed by atoms with E-state index in [1.807, 2.05) is 35.8 Å². The Morgan fingerprint density at radius 2 is 2.05 bits per heavy atom. The van der Waals surface area contributed by atoms with Gasteiger partial charge in [-0.15, -0.1) is 0 Å². The molecule has 0 aliphatic heterocycles. The standard InChI is InChI=1S/C14H19N3OS/c1-9(2)8-15-13(18)10(3)17-12-7-5-4-6-11(12)16-14(17)19/h4-7,9-10H,8H2,1-3H3,(H,15,18)(H,16,19). The Labute approximate surface area is 117 Å². The molecule has 1 unspecified atom stereocenters. The molecule has 0 spiro atoms. The average Bonchev–Trinajstić information content (AvgIpc) is 2.70. The number of rotatable bonds is 4. The molecule has 1 heterocycles. The van der Waals surface area contributed by atoms with E-state index in [4.69, 9.17) is 12.2 Å². The van der Waals surface area contributed by atoms with Crippen molar-refractivity contribution in [3.05, 3.63) is 29.0 Å². The molecule has 2 aromatic rings. The van der Waals surface area contributed by atoms with Crippen molar-refractivity contribution in [3.63, 3.8) is 0 Å². The third-order valence-corrected chi connectivity index (χ3v) is 3.37. The third kappa shape index (κ3) is 2.87. The van der Waals surface area contributed by atoms with Crippen LogP contribution in [-0.2, 0) is 4.79 Å². The predicted molar refractivity (Wildman–Crippen MR) is 79.7 cm³/mol. The number of nitrogens with one attached hydrogen (secondary N) is 2. The average molecular weight is 277 g/mol. The van der Waals surface area contributed by atoms with Gasteiger partial charge in [0, 0.05) is 6.54 Å². The van der Waals surface area contributed by atoms with Gasteiger partial charge in [0.2, 0.25) is 5.91 Å². The number of carbonyl (C=O) groups is 1. The summed E-state index contributed by atoms with van der Waals surface area (Å²) in [5, 5.41) is 2.94. The van der Waals surface area contributed by atoms with Crippen molar-refractivity contribution >= 4 is 29.2 Å². The van der Waals surface area contributed by atoms with Crippen LogP contribution in [0.2, 0.25) is 0 Å². The van der Waals surface area contributed by atoms with Crippen LogP contribution in [0.4, 0.5) is 0 Å². The SMILES string of the molecule is CC(C)CNC(=O)C(C)n1c(=S)[nH]c2ccccc21. The Kier molecular flexibility index (Phi) is 4.04. The Morgan fingerprint density at radius 1 is 1.37 bits per heavy atom. The maximum atomic E-state index is 12.1. The molecule has 5 heteroatoms. The Morgan fingerprint density at radius 3 is 2.74 bits per heavy atom. The van der Waals surface area contributed by atoms with Crippen LogP contribution in [0, 0.1) is 10.7 Å². The van der Waals surface area contributed by atoms with E-state index in [1.165, 1.54) is 0 Å². The minimum absolute atomic E-state index is 0.00504. The number of carbonyl (C=O) groups excluding carboxylic acids is 1. The number of benzene rings is 1. The zero-order valence-electron chi connectivity index (χ0n) is 11.4. The summed E-state index contributed by atoms with van der Waals surface area (Å²) in [7, 11) is 0. The third-order valence-electron chi connectivity index (χ3n) is 3.08. The number of amides is 1. The summed E-state index contributed by atoms with van der Waals surface area (Å²) >= 11 is 5.31. The molecule has 1 amide bonds. The number of nitrogens with zero attached hydrogens (tertiary/aromatic N) is 1. The molecule has 1 aromatic heterocycles. The van der Waals surface area contributed by atoms with E-state index >= 15 is 0 Å². The maximum Gasteiger partial charge on any atom is 0.242 e. The molecule has 0 fully saturated rings. The molecular weight excluding hydrogens is 258 g/mol. The van der Waals surface area contributed by atoms with Crippen LogP contribution in [0.3, 0.4) is 0 Å². The minimum atomic E-state index is -0.317. The number of para-hydroxylation sites is 2. The molecule has 0 aliphatic carbocycles. The van der Waals surface area contributed by atoms with E-state index in [-0.39, 0.29) is 11.9 Å². The normalized spacial score (nSPS) is 12.8.